The van der Waals surface area contributed by atoms with E-state index in [9.17, 15) is 9.59 Å². The normalized spacial score (nSPS) is 11.2. The zero-order valence-corrected chi connectivity index (χ0v) is 19.9. The summed E-state index contributed by atoms with van der Waals surface area (Å²) < 4.78 is 19.2. The Kier molecular flexibility index (Phi) is 6.88. The number of rotatable bonds is 9. The largest absolute Gasteiger partial charge is 0.493 e. The van der Waals surface area contributed by atoms with Crippen LogP contribution in [0, 0.1) is 0 Å². The Morgan fingerprint density at radius 1 is 1.03 bits per heavy atom. The van der Waals surface area contributed by atoms with Crippen LogP contribution in [0.25, 0.3) is 21.8 Å². The van der Waals surface area contributed by atoms with Crippen molar-refractivity contribution in [2.45, 2.75) is 13.0 Å². The Morgan fingerprint density at radius 2 is 1.79 bits per heavy atom. The number of amides is 1. The molecule has 4 rings (SSSR count). The first kappa shape index (κ1) is 23.4. The SMILES string of the molecule is COCCn1cc(C(=O)NCCc2ccc(OC)c(OC)c2)c2c3ccccc3n(C)c2c1=O. The Hall–Kier alpha value is -3.78. The second-order valence-electron chi connectivity index (χ2n) is 8.03. The van der Waals surface area contributed by atoms with Gasteiger partial charge in [-0.05, 0) is 30.2 Å². The van der Waals surface area contributed by atoms with Crippen molar-refractivity contribution in [2.24, 2.45) is 7.05 Å². The van der Waals surface area contributed by atoms with Gasteiger partial charge in [-0.15, -0.1) is 0 Å². The van der Waals surface area contributed by atoms with Crippen LogP contribution in [0.3, 0.4) is 0 Å². The zero-order chi connectivity index (χ0) is 24.2. The lowest BCUT2D eigenvalue weighted by Crippen LogP contribution is -2.30. The third-order valence-corrected chi connectivity index (χ3v) is 6.05. The molecule has 0 unspecified atom stereocenters. The summed E-state index contributed by atoms with van der Waals surface area (Å²) in [7, 11) is 6.63. The van der Waals surface area contributed by atoms with Gasteiger partial charge in [-0.1, -0.05) is 24.3 Å². The molecule has 1 N–H and O–H groups in total. The molecule has 8 heteroatoms. The molecule has 4 aromatic rings. The van der Waals surface area contributed by atoms with Crippen LogP contribution in [-0.4, -0.2) is 49.5 Å². The first-order valence-corrected chi connectivity index (χ1v) is 11.1. The van der Waals surface area contributed by atoms with E-state index in [0.29, 0.717) is 54.1 Å². The maximum atomic E-state index is 13.4. The summed E-state index contributed by atoms with van der Waals surface area (Å²) in [5.41, 5.74) is 2.74. The summed E-state index contributed by atoms with van der Waals surface area (Å²) >= 11 is 0. The number of ether oxygens (including phenoxy) is 3. The van der Waals surface area contributed by atoms with Crippen molar-refractivity contribution in [3.05, 3.63) is 70.1 Å². The number of pyridine rings is 1. The topological polar surface area (TPSA) is 83.7 Å². The van der Waals surface area contributed by atoms with E-state index in [0.717, 1.165) is 16.5 Å². The molecule has 34 heavy (non-hydrogen) atoms. The minimum absolute atomic E-state index is 0.146. The lowest BCUT2D eigenvalue weighted by molar-refractivity contribution is 0.0954. The Bertz CT molecular complexity index is 1400. The van der Waals surface area contributed by atoms with E-state index in [1.807, 2.05) is 54.1 Å². The van der Waals surface area contributed by atoms with Gasteiger partial charge in [-0.2, -0.15) is 0 Å². The highest BCUT2D eigenvalue weighted by atomic mass is 16.5. The number of para-hydroxylation sites is 1. The van der Waals surface area contributed by atoms with Crippen LogP contribution in [-0.2, 0) is 24.8 Å². The molecule has 0 atom stereocenters. The van der Waals surface area contributed by atoms with Gasteiger partial charge in [0.25, 0.3) is 11.5 Å². The Balaban J connectivity index is 1.67. The van der Waals surface area contributed by atoms with Crippen molar-refractivity contribution in [3.8, 4) is 11.5 Å². The molecule has 2 heterocycles. The quantitative estimate of drug-likeness (QED) is 0.412. The van der Waals surface area contributed by atoms with Crippen LogP contribution >= 0.6 is 0 Å². The van der Waals surface area contributed by atoms with E-state index in [1.165, 1.54) is 0 Å². The van der Waals surface area contributed by atoms with E-state index in [1.54, 1.807) is 32.1 Å². The lowest BCUT2D eigenvalue weighted by Gasteiger charge is -2.12. The summed E-state index contributed by atoms with van der Waals surface area (Å²) in [5, 5.41) is 4.56. The molecule has 0 saturated carbocycles. The number of fused-ring (bicyclic) bond motifs is 3. The van der Waals surface area contributed by atoms with Crippen LogP contribution in [0.2, 0.25) is 0 Å². The summed E-state index contributed by atoms with van der Waals surface area (Å²) in [6, 6.07) is 13.4. The van der Waals surface area contributed by atoms with Gasteiger partial charge in [-0.25, -0.2) is 0 Å². The van der Waals surface area contributed by atoms with Gasteiger partial charge in [0, 0.05) is 49.7 Å². The number of nitrogens with zero attached hydrogens (tertiary/aromatic N) is 2. The summed E-state index contributed by atoms with van der Waals surface area (Å²) in [6.07, 6.45) is 2.26. The molecule has 178 valence electrons. The van der Waals surface area contributed by atoms with Crippen LogP contribution in [0.4, 0.5) is 0 Å². The Morgan fingerprint density at radius 3 is 2.53 bits per heavy atom. The predicted molar refractivity (Wildman–Crippen MR) is 132 cm³/mol. The van der Waals surface area contributed by atoms with E-state index in [4.69, 9.17) is 14.2 Å². The summed E-state index contributed by atoms with van der Waals surface area (Å²) in [4.78, 5) is 26.6. The molecule has 0 saturated heterocycles. The van der Waals surface area contributed by atoms with Gasteiger partial charge in [0.1, 0.15) is 5.52 Å². The van der Waals surface area contributed by atoms with Gasteiger partial charge >= 0.3 is 0 Å². The Labute approximate surface area is 197 Å². The average Bonchev–Trinajstić information content (AvgIpc) is 3.16. The highest BCUT2D eigenvalue weighted by molar-refractivity contribution is 6.17. The number of methoxy groups -OCH3 is 3. The molecule has 0 fully saturated rings. The zero-order valence-electron chi connectivity index (χ0n) is 19.9. The summed E-state index contributed by atoms with van der Waals surface area (Å²) in [6.45, 7) is 1.16. The predicted octanol–water partition coefficient (Wildman–Crippen LogP) is 3.13. The molecule has 0 spiro atoms. The van der Waals surface area contributed by atoms with Crippen molar-refractivity contribution >= 4 is 27.7 Å². The maximum Gasteiger partial charge on any atom is 0.275 e. The van der Waals surface area contributed by atoms with Crippen molar-refractivity contribution < 1.29 is 19.0 Å². The highest BCUT2D eigenvalue weighted by Gasteiger charge is 2.21. The van der Waals surface area contributed by atoms with Crippen LogP contribution in [0.1, 0.15) is 15.9 Å². The fourth-order valence-corrected chi connectivity index (χ4v) is 4.31. The molecule has 2 aromatic carbocycles. The summed E-state index contributed by atoms with van der Waals surface area (Å²) in [5.74, 6) is 1.08. The number of aryl methyl sites for hydroxylation is 1. The highest BCUT2D eigenvalue weighted by Crippen LogP contribution is 2.29. The first-order valence-electron chi connectivity index (χ1n) is 11.1. The standard InChI is InChI=1S/C26H29N3O5/c1-28-20-8-6-5-7-18(20)23-19(16-29(13-14-32-2)26(31)24(23)28)25(30)27-12-11-17-9-10-21(33-3)22(15-17)34-4/h5-10,15-16H,11-14H2,1-4H3,(H,27,30). The van der Waals surface area contributed by atoms with Crippen molar-refractivity contribution in [1.82, 2.24) is 14.5 Å². The van der Waals surface area contributed by atoms with Crippen LogP contribution < -0.4 is 20.3 Å². The molecule has 2 aromatic heterocycles. The minimum atomic E-state index is -0.229. The van der Waals surface area contributed by atoms with Gasteiger partial charge in [0.2, 0.25) is 0 Å². The van der Waals surface area contributed by atoms with E-state index >= 15 is 0 Å². The fraction of sp³-hybridized carbons (Fsp3) is 0.308. The smallest absolute Gasteiger partial charge is 0.275 e. The maximum absolute atomic E-state index is 13.4. The van der Waals surface area contributed by atoms with Crippen molar-refractivity contribution in [2.75, 3.05) is 34.5 Å². The van der Waals surface area contributed by atoms with Crippen LogP contribution in [0.15, 0.2) is 53.5 Å². The van der Waals surface area contributed by atoms with Crippen LogP contribution in [0.5, 0.6) is 11.5 Å². The number of aromatic nitrogens is 2. The molecular formula is C26H29N3O5. The third kappa shape index (κ3) is 4.24. The van der Waals surface area contributed by atoms with Gasteiger partial charge in [-0.3, -0.25) is 9.59 Å². The van der Waals surface area contributed by atoms with Gasteiger partial charge in [0.15, 0.2) is 11.5 Å². The monoisotopic (exact) mass is 463 g/mol. The molecular weight excluding hydrogens is 434 g/mol. The molecule has 8 nitrogen and oxygen atoms in total. The van der Waals surface area contributed by atoms with Crippen molar-refractivity contribution in [1.29, 1.82) is 0 Å². The number of carbonyl (C=O) groups excluding carboxylic acids is 1. The van der Waals surface area contributed by atoms with E-state index in [-0.39, 0.29) is 11.5 Å². The second-order valence-corrected chi connectivity index (χ2v) is 8.03. The molecule has 0 bridgehead atoms. The minimum Gasteiger partial charge on any atom is -0.493 e. The molecule has 0 aliphatic heterocycles. The average molecular weight is 464 g/mol. The van der Waals surface area contributed by atoms with Gasteiger partial charge in [0.05, 0.1) is 26.4 Å². The van der Waals surface area contributed by atoms with E-state index in [2.05, 4.69) is 5.32 Å². The molecule has 0 aliphatic carbocycles. The number of hydrogen-bond acceptors (Lipinski definition) is 5. The molecule has 0 aliphatic rings. The fourth-order valence-electron chi connectivity index (χ4n) is 4.31. The first-order chi connectivity index (χ1) is 16.5. The number of benzene rings is 2. The molecule has 0 radical (unpaired) electrons. The number of hydrogen-bond donors (Lipinski definition) is 1. The third-order valence-electron chi connectivity index (χ3n) is 6.05. The van der Waals surface area contributed by atoms with Gasteiger partial charge < -0.3 is 28.7 Å². The lowest BCUT2D eigenvalue weighted by atomic mass is 10.1. The number of carbonyl (C=O) groups is 1. The number of nitrogens with one attached hydrogen (secondary N) is 1. The molecule has 1 amide bonds. The van der Waals surface area contributed by atoms with E-state index < -0.39 is 0 Å². The second kappa shape index (κ2) is 10.0. The van der Waals surface area contributed by atoms with Crippen molar-refractivity contribution in [3.63, 3.8) is 0 Å².